The monoisotopic (exact) mass is 1700 g/mol. The number of aromatic nitrogens is 26. The zero-order chi connectivity index (χ0) is 85.2. The third kappa shape index (κ3) is 19.4. The second kappa shape index (κ2) is 36.0. The largest absolute Gasteiger partial charge is 0.451 e. The van der Waals surface area contributed by atoms with Gasteiger partial charge < -0.3 is 39.9 Å². The van der Waals surface area contributed by atoms with Gasteiger partial charge in [0.15, 0.2) is 62.6 Å². The van der Waals surface area contributed by atoms with E-state index in [4.69, 9.17) is 10.3 Å². The third-order valence-electron chi connectivity index (χ3n) is 16.8. The van der Waals surface area contributed by atoms with E-state index in [9.17, 15) is 97.0 Å². The average molecular weight is 1700 g/mol. The lowest BCUT2D eigenvalue weighted by Gasteiger charge is -2.15. The number of rotatable bonds is 20. The summed E-state index contributed by atoms with van der Waals surface area (Å²) >= 11 is 0. The molecule has 0 unspecified atom stereocenters. The second-order valence-electron chi connectivity index (χ2n) is 25.0. The molecule has 0 saturated heterocycles. The highest BCUT2D eigenvalue weighted by Crippen LogP contribution is 2.31. The van der Waals surface area contributed by atoms with Crippen molar-refractivity contribution in [2.24, 2.45) is 26.9 Å². The molecule has 0 aliphatic rings. The number of Topliss-reactive ketones (excluding diaryl/α,β-unsaturated/α-hetero) is 2. The first-order chi connectivity index (χ1) is 55.1. The Kier molecular flexibility index (Phi) is 27.2. The predicted octanol–water partition coefficient (Wildman–Crippen LogP) is 3.24. The summed E-state index contributed by atoms with van der Waals surface area (Å²) in [5.74, 6) is -7.63. The molecule has 0 aromatic carbocycles. The second-order valence-corrected chi connectivity index (χ2v) is 25.0. The number of imidazole rings is 3. The Bertz CT molecular complexity index is 6490. The van der Waals surface area contributed by atoms with E-state index in [1.807, 2.05) is 0 Å². The number of nitrogens with zero attached hydrogens (tertiary/aromatic N) is 26. The van der Waals surface area contributed by atoms with Gasteiger partial charge in [0.25, 0.3) is 16.7 Å². The number of primary amides is 1. The van der Waals surface area contributed by atoms with E-state index < -0.39 is 143 Å². The number of anilines is 3. The quantitative estimate of drug-likeness (QED) is 0.0628. The number of aryl methyl sites for hydroxylation is 4. The Labute approximate surface area is 669 Å². The van der Waals surface area contributed by atoms with Crippen LogP contribution in [0, 0.1) is 6.92 Å². The molecular formula is C67H65F9N30O13S. The molecule has 53 heteroatoms. The Morgan fingerprint density at radius 1 is 0.450 bits per heavy atom. The van der Waals surface area contributed by atoms with Crippen LogP contribution in [0.25, 0.3) is 67.3 Å². The molecule has 120 heavy (non-hydrogen) atoms. The fourth-order valence-electron chi connectivity index (χ4n) is 11.0. The van der Waals surface area contributed by atoms with Gasteiger partial charge in [-0.05, 0) is 34.6 Å². The van der Waals surface area contributed by atoms with Gasteiger partial charge in [0.1, 0.15) is 37.0 Å². The summed E-state index contributed by atoms with van der Waals surface area (Å²) in [5.41, 5.74) is 0.770. The fraction of sp³-hybridized carbons (Fsp3) is 0.299. The first kappa shape index (κ1) is 90.5. The van der Waals surface area contributed by atoms with Gasteiger partial charge in [0, 0.05) is 75.0 Å². The minimum atomic E-state index is -4.72. The number of hydrogen-bond acceptors (Lipinski definition) is 30. The number of nitrogens with two attached hydrogens (primary N) is 1. The third-order valence-corrected chi connectivity index (χ3v) is 16.8. The van der Waals surface area contributed by atoms with Crippen LogP contribution in [-0.4, -0.2) is 161 Å². The molecule has 13 rings (SSSR count). The number of nitrogens with one attached hydrogen (secondary N) is 3. The van der Waals surface area contributed by atoms with Gasteiger partial charge in [-0.1, -0.05) is 20.0 Å². The summed E-state index contributed by atoms with van der Waals surface area (Å²) in [6, 6.07) is -3.16. The smallest absolute Gasteiger partial charge is 0.368 e. The van der Waals surface area contributed by atoms with Crippen LogP contribution in [0.3, 0.4) is 0 Å². The van der Waals surface area contributed by atoms with Crippen molar-refractivity contribution >= 4 is 99.6 Å². The van der Waals surface area contributed by atoms with Crippen molar-refractivity contribution in [3.05, 3.63) is 185 Å². The van der Waals surface area contributed by atoms with E-state index in [1.165, 1.54) is 119 Å². The summed E-state index contributed by atoms with van der Waals surface area (Å²) in [6.07, 6.45) is 1.99. The average Bonchev–Trinajstić information content (AvgIpc) is 1.54. The first-order valence-corrected chi connectivity index (χ1v) is 33.2. The molecule has 0 saturated carbocycles. The normalized spacial score (nSPS) is 12.1. The van der Waals surface area contributed by atoms with E-state index in [0.717, 1.165) is 55.4 Å². The molecule has 13 aromatic heterocycles. The fourth-order valence-corrected chi connectivity index (χ4v) is 11.0. The Hall–Kier alpha value is -15.0. The molecule has 0 radical (unpaired) electrons. The Morgan fingerprint density at radius 2 is 0.750 bits per heavy atom. The molecule has 630 valence electrons. The number of alkyl halides is 9. The van der Waals surface area contributed by atoms with E-state index in [0.29, 0.717) is 15.0 Å². The van der Waals surface area contributed by atoms with E-state index >= 15 is 0 Å². The van der Waals surface area contributed by atoms with Crippen molar-refractivity contribution < 1.29 is 72.8 Å². The Balaban J connectivity index is 0.000000221. The van der Waals surface area contributed by atoms with E-state index in [2.05, 4.69) is 101 Å². The molecule has 0 fully saturated rings. The molecule has 0 aliphatic heterocycles. The van der Waals surface area contributed by atoms with Gasteiger partial charge in [0.05, 0.1) is 86.2 Å². The number of halogens is 9. The van der Waals surface area contributed by atoms with Gasteiger partial charge >= 0.3 is 35.6 Å². The van der Waals surface area contributed by atoms with Crippen molar-refractivity contribution in [3.8, 4) is 33.8 Å². The van der Waals surface area contributed by atoms with Crippen molar-refractivity contribution in [1.82, 2.24) is 126 Å². The molecular weight excluding hydrogens is 1640 g/mol. The molecule has 4 amide bonds. The van der Waals surface area contributed by atoms with Crippen molar-refractivity contribution in [2.45, 2.75) is 112 Å². The Morgan fingerprint density at radius 3 is 1.03 bits per heavy atom. The number of carbonyl (C=O) groups is 6. The van der Waals surface area contributed by atoms with Crippen molar-refractivity contribution in [2.75, 3.05) is 16.0 Å². The van der Waals surface area contributed by atoms with Crippen LogP contribution in [0.15, 0.2) is 127 Å². The van der Waals surface area contributed by atoms with Crippen LogP contribution in [0.4, 0.5) is 57.0 Å². The van der Waals surface area contributed by atoms with Gasteiger partial charge in [-0.15, -0.1) is 0 Å². The number of fused-ring (bicyclic) bond motifs is 3. The molecule has 5 N–H and O–H groups in total. The van der Waals surface area contributed by atoms with Crippen LogP contribution in [0.5, 0.6) is 0 Å². The van der Waals surface area contributed by atoms with Gasteiger partial charge in [-0.2, -0.15) is 58.0 Å². The van der Waals surface area contributed by atoms with Crippen LogP contribution in [0.2, 0.25) is 0 Å². The summed E-state index contributed by atoms with van der Waals surface area (Å²) in [4.78, 5) is 211. The predicted molar refractivity (Wildman–Crippen MR) is 403 cm³/mol. The van der Waals surface area contributed by atoms with E-state index in [1.54, 1.807) is 6.92 Å². The molecule has 13 aromatic rings. The minimum Gasteiger partial charge on any atom is -0.368 e. The highest BCUT2D eigenvalue weighted by molar-refractivity contribution is 7.59. The standard InChI is InChI=1S/C23H20F3N9O5.C22H18F3N11O4.C20H17F3N10O4.2CH4.H2S/c1-11(36)4-14(37)9-34-20(39)17-18(33(3)22(34)40)30-10-35(17)12(2)19(38)32-16-8-27-7-15(31-16)13-5-28-21(29-6-13)23(24,25)26;1-10(18(37)32-14-7-26-6-13(31-14)12-4-27-20(28-5-12)22(23,24)25)36-9-29-17-16(36)19(38)35(21(39)34(17)3)8-15-30-11(2)33-40-15;1-9(33-8-28-15-14(33)17(36)32(7-12(24)34)19(37)31(15)2)16(35)30-13-6-25-5-11(29-13)10-3-26-18(27-4-10)20(21,22)23;;;/h5-8,10,12H,4,9H2,1-3H3,(H,31,32,38);4-7,9-10H,8H2,1-3H3,(H,31,32,37);3-6,8-9H,7H2,1-2H3,(H2,24,34)(H,29,30,35);2*1H4;1H2/t12-;10-;9-;;;/m000.../s1. The summed E-state index contributed by atoms with van der Waals surface area (Å²) in [7, 11) is 4.10. The maximum Gasteiger partial charge on any atom is 0.451 e. The molecule has 0 bridgehead atoms. The minimum absolute atomic E-state index is 0. The van der Waals surface area contributed by atoms with Crippen LogP contribution in [-0.2, 0) is 88.1 Å². The molecule has 0 aliphatic carbocycles. The number of ketones is 2. The molecule has 13 heterocycles. The van der Waals surface area contributed by atoms with Crippen LogP contribution >= 0.6 is 13.5 Å². The highest BCUT2D eigenvalue weighted by atomic mass is 32.1. The zero-order valence-corrected chi connectivity index (χ0v) is 62.6. The lowest BCUT2D eigenvalue weighted by atomic mass is 10.2. The summed E-state index contributed by atoms with van der Waals surface area (Å²) < 4.78 is 129. The SMILES string of the molecule is C.C.CC(=O)CC(=O)Cn1c(=O)c2c(ncn2[C@@H](C)C(=O)Nc2cncc(-c3cnc(C(F)(F)F)nc3)n2)n(C)c1=O.C[C@@H](C(=O)Nc1cncc(-c2cnc(C(F)(F)F)nc2)n1)n1cnc2c1c(=O)n(CC(N)=O)c(=O)n2C.Cc1noc(Cn2c(=O)c3c(ncn3[C@@H](C)C(=O)Nc3cncc(-c4cnc(C(F)(F)F)nc4)n3)n(C)c2=O)n1.S. The first-order valence-electron chi connectivity index (χ1n) is 33.2. The van der Waals surface area contributed by atoms with Gasteiger partial charge in [0.2, 0.25) is 47.0 Å². The van der Waals surface area contributed by atoms with Gasteiger partial charge in [-0.3, -0.25) is 76.4 Å². The lowest BCUT2D eigenvalue weighted by Crippen LogP contribution is -2.42. The molecule has 3 atom stereocenters. The highest BCUT2D eigenvalue weighted by Gasteiger charge is 2.37. The molecule has 43 nitrogen and oxygen atoms in total. The summed E-state index contributed by atoms with van der Waals surface area (Å²) in [6.45, 7) is 5.58. The van der Waals surface area contributed by atoms with Crippen molar-refractivity contribution in [3.63, 3.8) is 0 Å². The number of carbonyl (C=O) groups excluding carboxylic acids is 6. The maximum atomic E-state index is 13.3. The number of hydrogen-bond donors (Lipinski definition) is 4. The number of amides is 4. The lowest BCUT2D eigenvalue weighted by molar-refractivity contribution is -0.145. The van der Waals surface area contributed by atoms with Crippen LogP contribution < -0.4 is 55.4 Å². The topological polar surface area (TPSA) is 544 Å². The van der Waals surface area contributed by atoms with E-state index in [-0.39, 0.29) is 126 Å². The van der Waals surface area contributed by atoms with Crippen molar-refractivity contribution in [1.29, 1.82) is 0 Å². The van der Waals surface area contributed by atoms with Crippen LogP contribution in [0.1, 0.15) is 96.3 Å². The van der Waals surface area contributed by atoms with Gasteiger partial charge in [-0.25, -0.2) is 83.3 Å². The summed E-state index contributed by atoms with van der Waals surface area (Å²) in [5, 5.41) is 11.2. The molecule has 0 spiro atoms. The zero-order valence-electron chi connectivity index (χ0n) is 61.6. The maximum absolute atomic E-state index is 13.3.